The van der Waals surface area contributed by atoms with Crippen LogP contribution in [0.15, 0.2) is 41.1 Å². The Balaban J connectivity index is 2.46. The Labute approximate surface area is 63.7 Å². The molecule has 3 heteroatoms. The molecule has 0 unspecified atom stereocenters. The second kappa shape index (κ2) is 2.54. The van der Waals surface area contributed by atoms with Gasteiger partial charge in [0.15, 0.2) is 0 Å². The number of nitrogens with one attached hydrogen (secondary N) is 1. The molecule has 0 aliphatic carbocycles. The summed E-state index contributed by atoms with van der Waals surface area (Å²) in [6.07, 6.45) is 1.45. The summed E-state index contributed by atoms with van der Waals surface area (Å²) in [6, 6.07) is 9.73. The Bertz CT molecular complexity index is 315. The summed E-state index contributed by atoms with van der Waals surface area (Å²) >= 11 is 0. The van der Waals surface area contributed by atoms with Crippen molar-refractivity contribution in [2.24, 2.45) is 0 Å². The summed E-state index contributed by atoms with van der Waals surface area (Å²) in [7, 11) is 0. The van der Waals surface area contributed by atoms with Gasteiger partial charge >= 0.3 is 6.39 Å². The van der Waals surface area contributed by atoms with Gasteiger partial charge in [-0.25, -0.2) is 0 Å². The van der Waals surface area contributed by atoms with Crippen LogP contribution in [0.5, 0.6) is 0 Å². The number of benzene rings is 1. The van der Waals surface area contributed by atoms with Crippen molar-refractivity contribution >= 4 is 0 Å². The molecule has 2 aromatic rings. The maximum absolute atomic E-state index is 5.05. The lowest BCUT2D eigenvalue weighted by atomic mass is 10.2. The average Bonchev–Trinajstić information content (AvgIpc) is 2.58. The van der Waals surface area contributed by atoms with Crippen molar-refractivity contribution in [1.29, 1.82) is 0 Å². The van der Waals surface area contributed by atoms with Gasteiger partial charge in [-0.3, -0.25) is 0 Å². The maximum Gasteiger partial charge on any atom is 0.359 e. The summed E-state index contributed by atoms with van der Waals surface area (Å²) < 4.78 is 5.05. The second-order valence-electron chi connectivity index (χ2n) is 2.15. The monoisotopic (exact) mass is 147 g/mol. The highest BCUT2D eigenvalue weighted by Crippen LogP contribution is 2.12. The summed E-state index contributed by atoms with van der Waals surface area (Å²) in [6.45, 7) is 0. The molecule has 54 valence electrons. The van der Waals surface area contributed by atoms with Crippen LogP contribution in [0.4, 0.5) is 0 Å². The number of nitrogens with zero attached hydrogens (tertiary/aromatic N) is 1. The van der Waals surface area contributed by atoms with Gasteiger partial charge in [-0.2, -0.15) is 0 Å². The molecule has 0 amide bonds. The van der Waals surface area contributed by atoms with Crippen molar-refractivity contribution < 1.29 is 9.52 Å². The first-order valence-electron chi connectivity index (χ1n) is 3.34. The van der Waals surface area contributed by atoms with Gasteiger partial charge in [-0.05, 0) is 12.1 Å². The van der Waals surface area contributed by atoms with E-state index < -0.39 is 0 Å². The molecule has 0 radical (unpaired) electrons. The summed E-state index contributed by atoms with van der Waals surface area (Å²) in [4.78, 5) is 0. The van der Waals surface area contributed by atoms with Crippen molar-refractivity contribution in [3.8, 4) is 11.5 Å². The first-order chi connectivity index (χ1) is 5.47. The van der Waals surface area contributed by atoms with Crippen molar-refractivity contribution in [2.75, 3.05) is 0 Å². The molecule has 0 atom stereocenters. The van der Waals surface area contributed by atoms with Gasteiger partial charge < -0.3 is 4.42 Å². The number of hydrogen-bond donors (Lipinski definition) is 0. The van der Waals surface area contributed by atoms with Gasteiger partial charge in [0, 0.05) is 10.7 Å². The molecular weight excluding hydrogens is 140 g/mol. The van der Waals surface area contributed by atoms with Crippen LogP contribution in [0, 0.1) is 0 Å². The summed E-state index contributed by atoms with van der Waals surface area (Å²) in [5, 5.41) is 6.51. The largest absolute Gasteiger partial charge is 0.383 e. The quantitative estimate of drug-likeness (QED) is 0.607. The molecule has 0 saturated carbocycles. The zero-order chi connectivity index (χ0) is 7.52. The van der Waals surface area contributed by atoms with Crippen molar-refractivity contribution in [2.45, 2.75) is 0 Å². The van der Waals surface area contributed by atoms with Crippen molar-refractivity contribution in [3.05, 3.63) is 36.7 Å². The van der Waals surface area contributed by atoms with Crippen LogP contribution in [0.3, 0.4) is 0 Å². The van der Waals surface area contributed by atoms with E-state index in [2.05, 4.69) is 10.2 Å². The highest BCUT2D eigenvalue weighted by atomic mass is 16.4. The first-order valence-corrected chi connectivity index (χ1v) is 3.34. The van der Waals surface area contributed by atoms with Gasteiger partial charge in [-0.1, -0.05) is 23.3 Å². The number of rotatable bonds is 1. The topological polar surface area (TPSA) is 40.2 Å². The summed E-state index contributed by atoms with van der Waals surface area (Å²) in [5.74, 6) is 0.616. The van der Waals surface area contributed by atoms with Crippen molar-refractivity contribution in [1.82, 2.24) is 5.10 Å². The standard InChI is InChI=1S/C8H6N2O/c1-2-4-7(5-3-1)8-10-9-6-11-8/h1-6H/p+1. The van der Waals surface area contributed by atoms with E-state index in [0.717, 1.165) is 5.56 Å². The van der Waals surface area contributed by atoms with Crippen LogP contribution in [-0.4, -0.2) is 5.10 Å². The zero-order valence-electron chi connectivity index (χ0n) is 5.82. The molecule has 0 aliphatic rings. The lowest BCUT2D eigenvalue weighted by Gasteiger charge is -1.87. The number of hydrogen-bond acceptors (Lipinski definition) is 2. The molecule has 0 fully saturated rings. The Morgan fingerprint density at radius 2 is 2.00 bits per heavy atom. The van der Waals surface area contributed by atoms with E-state index in [9.17, 15) is 0 Å². The normalized spacial score (nSPS) is 9.82. The molecule has 0 spiro atoms. The summed E-state index contributed by atoms with van der Waals surface area (Å²) in [5.41, 5.74) is 0.980. The van der Waals surface area contributed by atoms with E-state index in [4.69, 9.17) is 4.42 Å². The third-order valence-electron chi connectivity index (χ3n) is 1.41. The molecule has 0 saturated heterocycles. The van der Waals surface area contributed by atoms with E-state index in [0.29, 0.717) is 5.89 Å². The first kappa shape index (κ1) is 6.09. The molecule has 11 heavy (non-hydrogen) atoms. The number of aromatic amines is 1. The average molecular weight is 147 g/mol. The fourth-order valence-electron chi connectivity index (χ4n) is 0.907. The predicted octanol–water partition coefficient (Wildman–Crippen LogP) is 1.16. The Hall–Kier alpha value is -1.64. The van der Waals surface area contributed by atoms with Crippen LogP contribution < -0.4 is 5.10 Å². The highest BCUT2D eigenvalue weighted by Gasteiger charge is 2.03. The van der Waals surface area contributed by atoms with Gasteiger partial charge in [0.2, 0.25) is 0 Å². The maximum atomic E-state index is 5.05. The predicted molar refractivity (Wildman–Crippen MR) is 38.5 cm³/mol. The van der Waals surface area contributed by atoms with E-state index >= 15 is 0 Å². The minimum atomic E-state index is 0.616. The molecule has 1 N–H and O–H groups in total. The minimum Gasteiger partial charge on any atom is -0.383 e. The Kier molecular flexibility index (Phi) is 1.41. The van der Waals surface area contributed by atoms with Gasteiger partial charge in [0.25, 0.3) is 5.89 Å². The molecule has 0 bridgehead atoms. The molecule has 3 nitrogen and oxygen atoms in total. The van der Waals surface area contributed by atoms with Crippen molar-refractivity contribution in [3.63, 3.8) is 0 Å². The van der Waals surface area contributed by atoms with Gasteiger partial charge in [0.05, 0.1) is 0 Å². The smallest absolute Gasteiger partial charge is 0.359 e. The molecule has 2 rings (SSSR count). The van der Waals surface area contributed by atoms with Gasteiger partial charge in [0.1, 0.15) is 0 Å². The lowest BCUT2D eigenvalue weighted by molar-refractivity contribution is -0.455. The van der Waals surface area contributed by atoms with Crippen LogP contribution in [0.2, 0.25) is 0 Å². The molecular formula is C8H7N2O+. The number of H-pyrrole nitrogens is 1. The molecule has 1 aromatic heterocycles. The van der Waals surface area contributed by atoms with Crippen LogP contribution in [-0.2, 0) is 0 Å². The van der Waals surface area contributed by atoms with E-state index in [1.54, 1.807) is 0 Å². The fourth-order valence-corrected chi connectivity index (χ4v) is 0.907. The number of aromatic nitrogens is 2. The third kappa shape index (κ3) is 1.12. The molecule has 1 heterocycles. The Morgan fingerprint density at radius 3 is 2.64 bits per heavy atom. The van der Waals surface area contributed by atoms with Crippen LogP contribution in [0.1, 0.15) is 0 Å². The fraction of sp³-hybridized carbons (Fsp3) is 0. The third-order valence-corrected chi connectivity index (χ3v) is 1.41. The van der Waals surface area contributed by atoms with E-state index in [1.807, 2.05) is 30.3 Å². The Morgan fingerprint density at radius 1 is 1.18 bits per heavy atom. The second-order valence-corrected chi connectivity index (χ2v) is 2.15. The van der Waals surface area contributed by atoms with Crippen LogP contribution >= 0.6 is 0 Å². The SMILES string of the molecule is c1ccc(-c2n[nH+]co2)cc1. The molecule has 1 aromatic carbocycles. The van der Waals surface area contributed by atoms with E-state index in [-0.39, 0.29) is 0 Å². The van der Waals surface area contributed by atoms with Crippen LogP contribution in [0.25, 0.3) is 11.5 Å². The highest BCUT2D eigenvalue weighted by molar-refractivity contribution is 5.50. The lowest BCUT2D eigenvalue weighted by Crippen LogP contribution is -1.98. The molecule has 0 aliphatic heterocycles. The van der Waals surface area contributed by atoms with Gasteiger partial charge in [-0.15, -0.1) is 0 Å². The van der Waals surface area contributed by atoms with E-state index in [1.165, 1.54) is 6.39 Å². The zero-order valence-corrected chi connectivity index (χ0v) is 5.82. The minimum absolute atomic E-state index is 0.616.